The molecule has 0 spiro atoms. The summed E-state index contributed by atoms with van der Waals surface area (Å²) in [7, 11) is -2.03. The molecule has 0 aliphatic carbocycles. The van der Waals surface area contributed by atoms with Gasteiger partial charge in [-0.2, -0.15) is 8.42 Å². The molecule has 1 heterocycles. The zero-order chi connectivity index (χ0) is 18.6. The molecule has 26 heavy (non-hydrogen) atoms. The van der Waals surface area contributed by atoms with Crippen LogP contribution < -0.4 is 13.9 Å². The van der Waals surface area contributed by atoms with Crippen molar-refractivity contribution in [1.82, 2.24) is 5.32 Å². The number of carbonyl (C=O) groups excluding carboxylic acids is 1. The number of rotatable bonds is 7. The first-order chi connectivity index (χ1) is 12.5. The van der Waals surface area contributed by atoms with Gasteiger partial charge in [-0.1, -0.05) is 42.5 Å². The lowest BCUT2D eigenvalue weighted by Crippen LogP contribution is -2.41. The molecule has 0 atom stereocenters. The van der Waals surface area contributed by atoms with Crippen LogP contribution in [0.25, 0.3) is 0 Å². The van der Waals surface area contributed by atoms with Crippen LogP contribution in [0, 0.1) is 0 Å². The molecule has 3 rings (SSSR count). The first-order valence-electron chi connectivity index (χ1n) is 8.24. The molecular weight excluding hydrogens is 370 g/mol. The summed E-state index contributed by atoms with van der Waals surface area (Å²) >= 11 is 1.53. The largest absolute Gasteiger partial charge is 0.354 e. The van der Waals surface area contributed by atoms with Gasteiger partial charge in [0.05, 0.1) is 23.7 Å². The highest BCUT2D eigenvalue weighted by atomic mass is 32.2. The van der Waals surface area contributed by atoms with E-state index in [0.29, 0.717) is 17.1 Å². The summed E-state index contributed by atoms with van der Waals surface area (Å²) in [6.07, 6.45) is 0. The van der Waals surface area contributed by atoms with E-state index in [1.165, 1.54) is 33.0 Å². The summed E-state index contributed by atoms with van der Waals surface area (Å²) in [4.78, 5) is 12.0. The molecule has 1 N–H and O–H groups in total. The van der Waals surface area contributed by atoms with E-state index >= 15 is 0 Å². The van der Waals surface area contributed by atoms with Crippen LogP contribution in [0.4, 0.5) is 11.4 Å². The third kappa shape index (κ3) is 3.96. The standard InChI is InChI=1S/C18H21N3O3S2/c1-20-16-9-5-6-10-17(16)21(26(20,23)24)12-11-19-18(22)14-25-13-15-7-3-2-4-8-15/h2-10H,11-14H2,1H3,(H,19,22). The Hall–Kier alpha value is -2.19. The minimum absolute atomic E-state index is 0.0934. The van der Waals surface area contributed by atoms with Crippen molar-refractivity contribution < 1.29 is 13.2 Å². The Morgan fingerprint density at radius 2 is 1.69 bits per heavy atom. The van der Waals surface area contributed by atoms with Crippen LogP contribution in [-0.2, 0) is 20.8 Å². The average molecular weight is 392 g/mol. The Kier molecular flexibility index (Phi) is 5.73. The summed E-state index contributed by atoms with van der Waals surface area (Å²) in [6.45, 7) is 0.477. The molecule has 1 amide bonds. The molecule has 2 aromatic carbocycles. The van der Waals surface area contributed by atoms with Gasteiger partial charge in [0.1, 0.15) is 0 Å². The summed E-state index contributed by atoms with van der Waals surface area (Å²) in [5, 5.41) is 2.79. The number of hydrogen-bond acceptors (Lipinski definition) is 4. The Bertz CT molecular complexity index is 872. The molecule has 1 aliphatic heterocycles. The van der Waals surface area contributed by atoms with Crippen molar-refractivity contribution in [2.75, 3.05) is 34.5 Å². The van der Waals surface area contributed by atoms with E-state index in [0.717, 1.165) is 5.75 Å². The predicted octanol–water partition coefficient (Wildman–Crippen LogP) is 2.24. The molecular formula is C18H21N3O3S2. The van der Waals surface area contributed by atoms with Gasteiger partial charge < -0.3 is 5.32 Å². The number of nitrogens with one attached hydrogen (secondary N) is 1. The van der Waals surface area contributed by atoms with Gasteiger partial charge in [0, 0.05) is 19.3 Å². The quantitative estimate of drug-likeness (QED) is 0.786. The van der Waals surface area contributed by atoms with Crippen molar-refractivity contribution in [3.63, 3.8) is 0 Å². The maximum atomic E-state index is 12.5. The minimum atomic E-state index is -3.57. The first-order valence-corrected chi connectivity index (χ1v) is 10.8. The normalized spacial score (nSPS) is 15.0. The number of anilines is 2. The van der Waals surface area contributed by atoms with E-state index in [1.54, 1.807) is 24.3 Å². The van der Waals surface area contributed by atoms with Gasteiger partial charge in [-0.05, 0) is 17.7 Å². The Balaban J connectivity index is 1.48. The highest BCUT2D eigenvalue weighted by Gasteiger charge is 2.37. The zero-order valence-corrected chi connectivity index (χ0v) is 16.1. The number of benzene rings is 2. The second-order valence-electron chi connectivity index (χ2n) is 5.86. The molecule has 0 radical (unpaired) electrons. The summed E-state index contributed by atoms with van der Waals surface area (Å²) in [6, 6.07) is 17.1. The van der Waals surface area contributed by atoms with Gasteiger partial charge in [0.15, 0.2) is 0 Å². The molecule has 0 saturated carbocycles. The average Bonchev–Trinajstić information content (AvgIpc) is 2.83. The molecule has 1 aliphatic rings. The van der Waals surface area contributed by atoms with Crippen LogP contribution in [0.3, 0.4) is 0 Å². The SMILES string of the molecule is CN1c2ccccc2N(CCNC(=O)CSCc2ccccc2)S1(=O)=O. The first kappa shape index (κ1) is 18.6. The van der Waals surface area contributed by atoms with Crippen LogP contribution in [-0.4, -0.2) is 40.2 Å². The van der Waals surface area contributed by atoms with Gasteiger partial charge in [-0.15, -0.1) is 11.8 Å². The lowest BCUT2D eigenvalue weighted by molar-refractivity contribution is -0.118. The van der Waals surface area contributed by atoms with Crippen LogP contribution >= 0.6 is 11.8 Å². The Labute approximate surface area is 158 Å². The molecule has 0 bridgehead atoms. The highest BCUT2D eigenvalue weighted by molar-refractivity contribution is 7.99. The van der Waals surface area contributed by atoms with E-state index in [9.17, 15) is 13.2 Å². The molecule has 0 fully saturated rings. The fourth-order valence-corrected chi connectivity index (χ4v) is 5.00. The van der Waals surface area contributed by atoms with Crippen molar-refractivity contribution >= 4 is 39.3 Å². The van der Waals surface area contributed by atoms with Crippen molar-refractivity contribution in [2.24, 2.45) is 0 Å². The van der Waals surface area contributed by atoms with Gasteiger partial charge >= 0.3 is 10.2 Å². The van der Waals surface area contributed by atoms with Crippen LogP contribution in [0.15, 0.2) is 54.6 Å². The predicted molar refractivity (Wildman–Crippen MR) is 107 cm³/mol. The fourth-order valence-electron chi connectivity index (χ4n) is 2.76. The van der Waals surface area contributed by atoms with Crippen molar-refractivity contribution in [1.29, 1.82) is 0 Å². The molecule has 0 aromatic heterocycles. The third-order valence-corrected chi connectivity index (χ3v) is 6.92. The van der Waals surface area contributed by atoms with Crippen LogP contribution in [0.2, 0.25) is 0 Å². The van der Waals surface area contributed by atoms with Crippen LogP contribution in [0.1, 0.15) is 5.56 Å². The van der Waals surface area contributed by atoms with Crippen molar-refractivity contribution in [3.05, 3.63) is 60.2 Å². The summed E-state index contributed by atoms with van der Waals surface area (Å²) in [5.41, 5.74) is 2.47. The van der Waals surface area contributed by atoms with Gasteiger partial charge in [0.25, 0.3) is 0 Å². The second-order valence-corrected chi connectivity index (χ2v) is 8.73. The second kappa shape index (κ2) is 8.01. The van der Waals surface area contributed by atoms with E-state index in [1.807, 2.05) is 30.3 Å². The number of carbonyl (C=O) groups is 1. The van der Waals surface area contributed by atoms with Gasteiger partial charge in [-0.3, -0.25) is 9.10 Å². The zero-order valence-electron chi connectivity index (χ0n) is 14.5. The Morgan fingerprint density at radius 3 is 2.42 bits per heavy atom. The number of para-hydroxylation sites is 2. The molecule has 138 valence electrons. The van der Waals surface area contributed by atoms with E-state index in [-0.39, 0.29) is 19.0 Å². The van der Waals surface area contributed by atoms with E-state index in [2.05, 4.69) is 5.32 Å². The van der Waals surface area contributed by atoms with E-state index in [4.69, 9.17) is 0 Å². The molecule has 8 heteroatoms. The maximum absolute atomic E-state index is 12.5. The topological polar surface area (TPSA) is 69.7 Å². The van der Waals surface area contributed by atoms with E-state index < -0.39 is 10.2 Å². The monoisotopic (exact) mass is 391 g/mol. The molecule has 2 aromatic rings. The fraction of sp³-hybridized carbons (Fsp3) is 0.278. The molecule has 0 saturated heterocycles. The summed E-state index contributed by atoms with van der Waals surface area (Å²) < 4.78 is 27.6. The highest BCUT2D eigenvalue weighted by Crippen LogP contribution is 2.38. The van der Waals surface area contributed by atoms with Gasteiger partial charge in [-0.25, -0.2) is 4.31 Å². The molecule has 6 nitrogen and oxygen atoms in total. The minimum Gasteiger partial charge on any atom is -0.354 e. The van der Waals surface area contributed by atoms with Crippen molar-refractivity contribution in [2.45, 2.75) is 5.75 Å². The number of amides is 1. The smallest absolute Gasteiger partial charge is 0.326 e. The Morgan fingerprint density at radius 1 is 1.04 bits per heavy atom. The number of fused-ring (bicyclic) bond motifs is 1. The number of nitrogens with zero attached hydrogens (tertiary/aromatic N) is 2. The van der Waals surface area contributed by atoms with Gasteiger partial charge in [0.2, 0.25) is 5.91 Å². The molecule has 0 unspecified atom stereocenters. The number of thioether (sulfide) groups is 1. The summed E-state index contributed by atoms with van der Waals surface area (Å²) in [5.74, 6) is 1.02. The maximum Gasteiger partial charge on any atom is 0.326 e. The van der Waals surface area contributed by atoms with Crippen LogP contribution in [0.5, 0.6) is 0 Å². The lowest BCUT2D eigenvalue weighted by Gasteiger charge is -2.19. The van der Waals surface area contributed by atoms with Crippen molar-refractivity contribution in [3.8, 4) is 0 Å². The lowest BCUT2D eigenvalue weighted by atomic mass is 10.2. The third-order valence-electron chi connectivity index (χ3n) is 4.10. The number of hydrogen-bond donors (Lipinski definition) is 1.